The van der Waals surface area contributed by atoms with Crippen LogP contribution < -0.4 is 16.2 Å². The van der Waals surface area contributed by atoms with Crippen LogP contribution in [-0.4, -0.2) is 25.7 Å². The van der Waals surface area contributed by atoms with Crippen LogP contribution in [0.2, 0.25) is 0 Å². The van der Waals surface area contributed by atoms with Crippen molar-refractivity contribution in [3.63, 3.8) is 0 Å². The zero-order valence-corrected chi connectivity index (χ0v) is 19.7. The van der Waals surface area contributed by atoms with Crippen LogP contribution in [0.15, 0.2) is 55.0 Å². The summed E-state index contributed by atoms with van der Waals surface area (Å²) in [5.41, 5.74) is 8.56. The van der Waals surface area contributed by atoms with Gasteiger partial charge < -0.3 is 10.7 Å². The molecule has 2 aromatic heterocycles. The molecular weight excluding hydrogens is 483 g/mol. The summed E-state index contributed by atoms with van der Waals surface area (Å²) < 4.78 is 41.8. The third kappa shape index (κ3) is 5.29. The Hall–Kier alpha value is -4.69. The number of hydrogen-bond acceptors (Lipinski definition) is 6. The van der Waals surface area contributed by atoms with Gasteiger partial charge >= 0.3 is 6.18 Å². The third-order valence-electron chi connectivity index (χ3n) is 5.67. The van der Waals surface area contributed by atoms with Gasteiger partial charge in [-0.05, 0) is 55.8 Å². The zero-order chi connectivity index (χ0) is 26.2. The minimum Gasteiger partial charge on any atom is -0.322 e. The van der Waals surface area contributed by atoms with E-state index in [1.165, 1.54) is 17.1 Å². The summed E-state index contributed by atoms with van der Waals surface area (Å²) in [5, 5.41) is 6.63. The van der Waals surface area contributed by atoms with Gasteiger partial charge in [0.15, 0.2) is 0 Å². The lowest BCUT2D eigenvalue weighted by molar-refractivity contribution is -0.137. The molecule has 11 heteroatoms. The van der Waals surface area contributed by atoms with Crippen molar-refractivity contribution in [2.24, 2.45) is 0 Å². The normalized spacial score (nSPS) is 12.4. The van der Waals surface area contributed by atoms with Crippen LogP contribution in [0.3, 0.4) is 0 Å². The topological polar surface area (TPSA) is 96.8 Å². The van der Waals surface area contributed by atoms with Gasteiger partial charge in [-0.3, -0.25) is 4.79 Å². The van der Waals surface area contributed by atoms with E-state index in [0.29, 0.717) is 17.9 Å². The lowest BCUT2D eigenvalue weighted by Crippen LogP contribution is -2.14. The Morgan fingerprint density at radius 1 is 1.08 bits per heavy atom. The number of carbonyl (C=O) groups excluding carboxylic acids is 1. The summed E-state index contributed by atoms with van der Waals surface area (Å²) in [6.07, 6.45) is -1.65. The van der Waals surface area contributed by atoms with Gasteiger partial charge in [0, 0.05) is 40.7 Å². The van der Waals surface area contributed by atoms with E-state index in [1.807, 2.05) is 13.0 Å². The summed E-state index contributed by atoms with van der Waals surface area (Å²) in [4.78, 5) is 21.3. The van der Waals surface area contributed by atoms with Crippen LogP contribution in [0, 0.1) is 25.7 Å². The first-order valence-electron chi connectivity index (χ1n) is 11.2. The van der Waals surface area contributed by atoms with E-state index in [9.17, 15) is 18.0 Å². The summed E-state index contributed by atoms with van der Waals surface area (Å²) >= 11 is 0. The number of hydrazine groups is 1. The number of hydrogen-bond donors (Lipinski definition) is 3. The van der Waals surface area contributed by atoms with Crippen molar-refractivity contribution in [3.8, 4) is 17.5 Å². The molecule has 5 rings (SSSR count). The summed E-state index contributed by atoms with van der Waals surface area (Å²) in [5.74, 6) is 6.72. The van der Waals surface area contributed by atoms with Gasteiger partial charge in [0.05, 0.1) is 11.3 Å². The summed E-state index contributed by atoms with van der Waals surface area (Å²) in [7, 11) is 0. The van der Waals surface area contributed by atoms with E-state index in [2.05, 4.69) is 43.1 Å². The molecule has 2 aromatic carbocycles. The standard InChI is InChI=1S/C26H20F3N7O/c1-15-3-5-19(8-18(15)6-4-17-7-20-13-32-34-24(20)30-12-17)25(37)33-22-9-21(26(27,28)29)10-23(11-22)36-14-31-16(2)35-36/h3,5,7-12,14,32H,13H2,1-2H3,(H,30,34)(H,33,37). The van der Waals surface area contributed by atoms with Crippen LogP contribution in [0.25, 0.3) is 5.69 Å². The number of pyridine rings is 1. The van der Waals surface area contributed by atoms with Crippen molar-refractivity contribution in [3.05, 3.63) is 94.2 Å². The Labute approximate surface area is 209 Å². The first kappa shape index (κ1) is 24.0. The summed E-state index contributed by atoms with van der Waals surface area (Å²) in [6, 6.07) is 10.1. The second-order valence-electron chi connectivity index (χ2n) is 8.45. The second-order valence-corrected chi connectivity index (χ2v) is 8.45. The molecule has 0 saturated heterocycles. The van der Waals surface area contributed by atoms with Crippen LogP contribution in [-0.2, 0) is 12.7 Å². The Bertz CT molecular complexity index is 1580. The maximum atomic E-state index is 13.5. The van der Waals surface area contributed by atoms with E-state index in [1.54, 1.807) is 31.3 Å². The van der Waals surface area contributed by atoms with Crippen LogP contribution in [0.1, 0.15) is 44.0 Å². The van der Waals surface area contributed by atoms with Crippen molar-refractivity contribution >= 4 is 17.4 Å². The molecular formula is C26H20F3N7O. The van der Waals surface area contributed by atoms with Crippen LogP contribution in [0.4, 0.5) is 24.7 Å². The number of alkyl halides is 3. The summed E-state index contributed by atoms with van der Waals surface area (Å²) in [6.45, 7) is 4.12. The number of benzene rings is 2. The van der Waals surface area contributed by atoms with Crippen molar-refractivity contribution in [2.45, 2.75) is 26.6 Å². The van der Waals surface area contributed by atoms with Gasteiger partial charge in [-0.25, -0.2) is 20.1 Å². The highest BCUT2D eigenvalue weighted by Crippen LogP contribution is 2.33. The molecule has 0 radical (unpaired) electrons. The van der Waals surface area contributed by atoms with Gasteiger partial charge in [0.2, 0.25) is 0 Å². The van der Waals surface area contributed by atoms with E-state index in [4.69, 9.17) is 0 Å². The molecule has 186 valence electrons. The molecule has 1 amide bonds. The van der Waals surface area contributed by atoms with Crippen LogP contribution >= 0.6 is 0 Å². The molecule has 3 N–H and O–H groups in total. The zero-order valence-electron chi connectivity index (χ0n) is 19.7. The number of amides is 1. The minimum atomic E-state index is -4.61. The highest BCUT2D eigenvalue weighted by atomic mass is 19.4. The predicted octanol–water partition coefficient (Wildman–Crippen LogP) is 4.38. The molecule has 0 spiro atoms. The molecule has 0 saturated carbocycles. The number of rotatable bonds is 3. The molecule has 1 aliphatic rings. The predicted molar refractivity (Wildman–Crippen MR) is 131 cm³/mol. The minimum absolute atomic E-state index is 0.0254. The fraction of sp³-hybridized carbons (Fsp3) is 0.154. The van der Waals surface area contributed by atoms with E-state index < -0.39 is 17.6 Å². The Morgan fingerprint density at radius 3 is 2.68 bits per heavy atom. The maximum absolute atomic E-state index is 13.5. The lowest BCUT2D eigenvalue weighted by Gasteiger charge is -2.13. The van der Waals surface area contributed by atoms with Crippen molar-refractivity contribution < 1.29 is 18.0 Å². The lowest BCUT2D eigenvalue weighted by atomic mass is 10.0. The number of carbonyl (C=O) groups is 1. The highest BCUT2D eigenvalue weighted by Gasteiger charge is 2.31. The first-order chi connectivity index (χ1) is 17.7. The molecule has 0 unspecified atom stereocenters. The molecule has 3 heterocycles. The average molecular weight is 503 g/mol. The number of nitrogens with zero attached hydrogens (tertiary/aromatic N) is 4. The average Bonchev–Trinajstić information content (AvgIpc) is 3.51. The van der Waals surface area contributed by atoms with Crippen molar-refractivity contribution in [1.29, 1.82) is 0 Å². The fourth-order valence-corrected chi connectivity index (χ4v) is 3.74. The molecule has 8 nitrogen and oxygen atoms in total. The Morgan fingerprint density at radius 2 is 1.92 bits per heavy atom. The fourth-order valence-electron chi connectivity index (χ4n) is 3.74. The quantitative estimate of drug-likeness (QED) is 0.359. The maximum Gasteiger partial charge on any atom is 0.416 e. The molecule has 0 fully saturated rings. The van der Waals surface area contributed by atoms with E-state index >= 15 is 0 Å². The van der Waals surface area contributed by atoms with Gasteiger partial charge in [0.1, 0.15) is 18.0 Å². The SMILES string of the molecule is Cc1ncn(-c2cc(NC(=O)c3ccc(C)c(C#Cc4cnc5c(c4)CNN5)c3)cc(C(F)(F)F)c2)n1. The Kier molecular flexibility index (Phi) is 6.11. The van der Waals surface area contributed by atoms with Gasteiger partial charge in [-0.1, -0.05) is 17.9 Å². The van der Waals surface area contributed by atoms with E-state index in [0.717, 1.165) is 34.6 Å². The van der Waals surface area contributed by atoms with Gasteiger partial charge in [0.25, 0.3) is 5.91 Å². The third-order valence-corrected chi connectivity index (χ3v) is 5.67. The highest BCUT2D eigenvalue weighted by molar-refractivity contribution is 6.04. The van der Waals surface area contributed by atoms with Gasteiger partial charge in [-0.15, -0.1) is 0 Å². The monoisotopic (exact) mass is 503 g/mol. The number of aryl methyl sites for hydroxylation is 2. The number of halogens is 3. The molecule has 0 aliphatic carbocycles. The molecule has 37 heavy (non-hydrogen) atoms. The number of anilines is 2. The number of fused-ring (bicyclic) bond motifs is 1. The number of nitrogens with one attached hydrogen (secondary N) is 3. The first-order valence-corrected chi connectivity index (χ1v) is 11.2. The molecule has 4 aromatic rings. The largest absolute Gasteiger partial charge is 0.416 e. The van der Waals surface area contributed by atoms with Crippen molar-refractivity contribution in [1.82, 2.24) is 25.2 Å². The van der Waals surface area contributed by atoms with Crippen molar-refractivity contribution in [2.75, 3.05) is 10.7 Å². The van der Waals surface area contributed by atoms with Gasteiger partial charge in [-0.2, -0.15) is 18.3 Å². The Balaban J connectivity index is 1.42. The second kappa shape index (κ2) is 9.40. The molecule has 1 aliphatic heterocycles. The number of aromatic nitrogens is 4. The molecule has 0 bridgehead atoms. The molecule has 0 atom stereocenters. The van der Waals surface area contributed by atoms with E-state index in [-0.39, 0.29) is 16.9 Å². The van der Waals surface area contributed by atoms with Crippen LogP contribution in [0.5, 0.6) is 0 Å². The smallest absolute Gasteiger partial charge is 0.322 e.